The molecule has 176 valence electrons. The highest BCUT2D eigenvalue weighted by molar-refractivity contribution is 7.57. The highest BCUT2D eigenvalue weighted by Gasteiger charge is 2.32. The van der Waals surface area contributed by atoms with Crippen molar-refractivity contribution in [1.82, 2.24) is 10.2 Å². The molecule has 0 fully saturated rings. The molecule has 0 bridgehead atoms. The second kappa shape index (κ2) is 15.4. The van der Waals surface area contributed by atoms with Gasteiger partial charge in [-0.15, -0.1) is 0 Å². The van der Waals surface area contributed by atoms with Crippen LogP contribution in [0.1, 0.15) is 97.5 Å². The first-order valence-corrected chi connectivity index (χ1v) is 16.8. The van der Waals surface area contributed by atoms with Gasteiger partial charge in [0.2, 0.25) is 0 Å². The van der Waals surface area contributed by atoms with Crippen molar-refractivity contribution in [2.75, 3.05) is 6.54 Å². The van der Waals surface area contributed by atoms with Gasteiger partial charge in [-0.1, -0.05) is 104 Å². The Balaban J connectivity index is 2.20. The molecule has 0 spiro atoms. The minimum atomic E-state index is -3.02. The van der Waals surface area contributed by atoms with Gasteiger partial charge in [0.25, 0.3) is 7.59 Å². The monoisotopic (exact) mass is 457 g/mol. The fourth-order valence-electron chi connectivity index (χ4n) is 4.14. The molecule has 0 aliphatic carbocycles. The average Bonchev–Trinajstić information content (AvgIpc) is 3.22. The molecule has 1 rings (SSSR count). The van der Waals surface area contributed by atoms with Crippen molar-refractivity contribution in [3.05, 3.63) is 17.9 Å². The summed E-state index contributed by atoms with van der Waals surface area (Å²) in [7, 11) is -4.52. The zero-order valence-electron chi connectivity index (χ0n) is 20.1. The molecule has 0 aromatic carbocycles. The summed E-state index contributed by atoms with van der Waals surface area (Å²) in [5.74, 6) is 0. The van der Waals surface area contributed by atoms with E-state index in [2.05, 4.69) is 43.9 Å². The molecule has 1 aromatic heterocycles. The molecule has 7 heteroatoms. The molecule has 30 heavy (non-hydrogen) atoms. The van der Waals surface area contributed by atoms with Crippen LogP contribution < -0.4 is 21.1 Å². The Morgan fingerprint density at radius 1 is 0.867 bits per heavy atom. The summed E-state index contributed by atoms with van der Waals surface area (Å²) in [6.45, 7) is 10.2. The van der Waals surface area contributed by atoms with Crippen molar-refractivity contribution in [1.29, 1.82) is 0 Å². The predicted molar refractivity (Wildman–Crippen MR) is 134 cm³/mol. The van der Waals surface area contributed by atoms with Crippen LogP contribution in [-0.2, 0) is 11.1 Å². The number of furan rings is 1. The van der Waals surface area contributed by atoms with Crippen molar-refractivity contribution < 1.29 is 8.98 Å². The smallest absolute Gasteiger partial charge is 0.276 e. The van der Waals surface area contributed by atoms with Gasteiger partial charge in [0.05, 0.1) is 11.6 Å². The van der Waals surface area contributed by atoms with E-state index < -0.39 is 15.7 Å². The summed E-state index contributed by atoms with van der Waals surface area (Å²) in [4.78, 5) is 0. The molecule has 0 amide bonds. The van der Waals surface area contributed by atoms with E-state index in [-0.39, 0.29) is 0 Å². The molecule has 0 radical (unpaired) electrons. The number of rotatable bonds is 19. The molecule has 1 unspecified atom stereocenters. The third-order valence-electron chi connectivity index (χ3n) is 6.60. The Morgan fingerprint density at radius 2 is 1.40 bits per heavy atom. The molecule has 0 saturated carbocycles. The van der Waals surface area contributed by atoms with Gasteiger partial charge in [-0.2, -0.15) is 0 Å². The van der Waals surface area contributed by atoms with Gasteiger partial charge in [-0.3, -0.25) is 10.1 Å². The van der Waals surface area contributed by atoms with E-state index in [0.29, 0.717) is 13.1 Å². The minimum absolute atomic E-state index is 0.476. The molecule has 5 nitrogen and oxygen atoms in total. The Kier molecular flexibility index (Phi) is 14.2. The number of hydrogen-bond acceptors (Lipinski definition) is 2. The minimum Gasteiger partial charge on any atom is -0.474 e. The summed E-state index contributed by atoms with van der Waals surface area (Å²) in [5, 5.41) is 7.20. The lowest BCUT2D eigenvalue weighted by Crippen LogP contribution is -2.44. The van der Waals surface area contributed by atoms with E-state index in [9.17, 15) is 4.57 Å². The lowest BCUT2D eigenvalue weighted by atomic mass is 10.1. The largest absolute Gasteiger partial charge is 0.474 e. The summed E-state index contributed by atoms with van der Waals surface area (Å²) in [6.07, 6.45) is 14.7. The van der Waals surface area contributed by atoms with E-state index in [1.165, 1.54) is 75.9 Å². The summed E-state index contributed by atoms with van der Waals surface area (Å²) in [5.41, 5.74) is 7.00. The number of nitrogens with two attached hydrogens (primary N) is 1. The topological polar surface area (TPSA) is 80.3 Å². The van der Waals surface area contributed by atoms with Gasteiger partial charge in [0.1, 0.15) is 8.07 Å². The van der Waals surface area contributed by atoms with Crippen LogP contribution in [0.4, 0.5) is 0 Å². The van der Waals surface area contributed by atoms with Gasteiger partial charge in [0.15, 0.2) is 0 Å². The van der Waals surface area contributed by atoms with Crippen LogP contribution in [0.2, 0.25) is 18.1 Å². The van der Waals surface area contributed by atoms with Crippen molar-refractivity contribution in [3.8, 4) is 0 Å². The van der Waals surface area contributed by atoms with Crippen LogP contribution in [0.5, 0.6) is 0 Å². The maximum absolute atomic E-state index is 12.6. The van der Waals surface area contributed by atoms with Crippen molar-refractivity contribution in [2.45, 2.75) is 117 Å². The Morgan fingerprint density at radius 3 is 1.93 bits per heavy atom. The fraction of sp³-hybridized carbons (Fsp3) is 0.826. The van der Waals surface area contributed by atoms with E-state index >= 15 is 0 Å². The molecule has 0 saturated heterocycles. The number of hydrogen-bond donors (Lipinski definition) is 3. The van der Waals surface area contributed by atoms with Gasteiger partial charge < -0.3 is 4.42 Å². The maximum Gasteiger partial charge on any atom is 0.276 e. The van der Waals surface area contributed by atoms with Gasteiger partial charge in [0, 0.05) is 18.7 Å². The molecular weight excluding hydrogens is 409 g/mol. The summed E-state index contributed by atoms with van der Waals surface area (Å²) >= 11 is 0. The van der Waals surface area contributed by atoms with Gasteiger partial charge in [-0.25, -0.2) is 10.2 Å². The van der Waals surface area contributed by atoms with E-state index in [1.54, 1.807) is 6.26 Å². The standard InChI is InChI=1S/C23H48N3O2PSi/c1-5-9-10-11-12-13-14-15-16-17-18-25-29(24,27)26-20-22-19-23(28-21-22)30(6-2,7-3)8-4/h19,21H,5-18,20H2,1-4H3,(H4,24,25,26,27). The molecule has 0 aliphatic heterocycles. The van der Waals surface area contributed by atoms with Crippen LogP contribution in [0.3, 0.4) is 0 Å². The molecule has 1 atom stereocenters. The summed E-state index contributed by atoms with van der Waals surface area (Å²) in [6, 6.07) is 5.72. The normalized spacial score (nSPS) is 14.2. The molecule has 1 aromatic rings. The van der Waals surface area contributed by atoms with E-state index in [4.69, 9.17) is 9.92 Å². The molecule has 0 aliphatic rings. The van der Waals surface area contributed by atoms with Gasteiger partial charge >= 0.3 is 0 Å². The third kappa shape index (κ3) is 10.3. The Bertz CT molecular complexity index is 597. The van der Waals surface area contributed by atoms with Crippen LogP contribution in [0.15, 0.2) is 16.7 Å². The maximum atomic E-state index is 12.6. The lowest BCUT2D eigenvalue weighted by molar-refractivity contribution is 0.539. The van der Waals surface area contributed by atoms with Crippen molar-refractivity contribution >= 4 is 21.1 Å². The lowest BCUT2D eigenvalue weighted by Gasteiger charge is -2.24. The van der Waals surface area contributed by atoms with Crippen LogP contribution >= 0.6 is 7.59 Å². The SMILES string of the molecule is CCCCCCCCCCCCNP(N)(=O)NCc1coc([Si](CC)(CC)CC)c1. The first-order chi connectivity index (χ1) is 14.4. The fourth-order valence-corrected chi connectivity index (χ4v) is 8.51. The Hall–Kier alpha value is -0.393. The van der Waals surface area contributed by atoms with Gasteiger partial charge in [-0.05, 0) is 12.5 Å². The van der Waals surface area contributed by atoms with Crippen LogP contribution in [-0.4, -0.2) is 14.6 Å². The highest BCUT2D eigenvalue weighted by atomic mass is 31.2. The zero-order chi connectivity index (χ0) is 22.3. The zero-order valence-corrected chi connectivity index (χ0v) is 22.0. The quantitative estimate of drug-likeness (QED) is 0.123. The van der Waals surface area contributed by atoms with Crippen LogP contribution in [0.25, 0.3) is 0 Å². The van der Waals surface area contributed by atoms with E-state index in [0.717, 1.165) is 17.4 Å². The molecular formula is C23H48N3O2PSi. The predicted octanol–water partition coefficient (Wildman–Crippen LogP) is 6.66. The summed E-state index contributed by atoms with van der Waals surface area (Å²) < 4.78 is 18.5. The second-order valence-corrected chi connectivity index (χ2v) is 15.9. The van der Waals surface area contributed by atoms with Crippen molar-refractivity contribution in [2.24, 2.45) is 5.50 Å². The Labute approximate surface area is 186 Å². The number of unbranched alkanes of at least 4 members (excludes halogenated alkanes) is 9. The van der Waals surface area contributed by atoms with E-state index in [1.807, 2.05) is 0 Å². The first kappa shape index (κ1) is 27.6. The third-order valence-corrected chi connectivity index (χ3v) is 13.3. The molecule has 4 N–H and O–H groups in total. The number of nitrogens with one attached hydrogen (secondary N) is 2. The highest BCUT2D eigenvalue weighted by Crippen LogP contribution is 2.26. The average molecular weight is 458 g/mol. The van der Waals surface area contributed by atoms with Crippen LogP contribution in [0, 0.1) is 0 Å². The van der Waals surface area contributed by atoms with Crippen molar-refractivity contribution in [3.63, 3.8) is 0 Å². The molecule has 1 heterocycles. The second-order valence-electron chi connectivity index (χ2n) is 8.74. The first-order valence-electron chi connectivity index (χ1n) is 12.4.